The maximum atomic E-state index is 12.0. The van der Waals surface area contributed by atoms with Crippen LogP contribution in [0.25, 0.3) is 0 Å². The SMILES string of the molecule is CCNC(=O)[C@@H](C)N1CCN(Cc2cc(OC)c(OC)cc2C)CC1. The van der Waals surface area contributed by atoms with Crippen molar-refractivity contribution in [3.63, 3.8) is 0 Å². The Kier molecular flexibility index (Phi) is 7.08. The molecule has 1 aliphatic rings. The Morgan fingerprint density at radius 1 is 1.16 bits per heavy atom. The molecule has 1 saturated heterocycles. The summed E-state index contributed by atoms with van der Waals surface area (Å²) in [5.74, 6) is 1.66. The molecular weight excluding hydrogens is 318 g/mol. The molecule has 1 heterocycles. The Labute approximate surface area is 151 Å². The van der Waals surface area contributed by atoms with Gasteiger partial charge >= 0.3 is 0 Å². The van der Waals surface area contributed by atoms with E-state index in [1.54, 1.807) is 14.2 Å². The van der Waals surface area contributed by atoms with Gasteiger partial charge < -0.3 is 14.8 Å². The largest absolute Gasteiger partial charge is 0.493 e. The van der Waals surface area contributed by atoms with Gasteiger partial charge in [-0.2, -0.15) is 0 Å². The topological polar surface area (TPSA) is 54.0 Å². The molecule has 0 unspecified atom stereocenters. The van der Waals surface area contributed by atoms with Crippen molar-refractivity contribution in [2.45, 2.75) is 33.4 Å². The second kappa shape index (κ2) is 9.06. The molecule has 6 heteroatoms. The van der Waals surface area contributed by atoms with Gasteiger partial charge in [0.1, 0.15) is 0 Å². The smallest absolute Gasteiger partial charge is 0.237 e. The van der Waals surface area contributed by atoms with Crippen LogP contribution in [-0.4, -0.2) is 68.7 Å². The Balaban J connectivity index is 1.95. The van der Waals surface area contributed by atoms with Crippen LogP contribution in [0.5, 0.6) is 11.5 Å². The van der Waals surface area contributed by atoms with Gasteiger partial charge in [-0.3, -0.25) is 14.6 Å². The quantitative estimate of drug-likeness (QED) is 0.811. The molecule has 1 aliphatic heterocycles. The van der Waals surface area contributed by atoms with E-state index < -0.39 is 0 Å². The minimum absolute atomic E-state index is 0.0649. The van der Waals surface area contributed by atoms with Gasteiger partial charge in [-0.05, 0) is 44.0 Å². The third-order valence-corrected chi connectivity index (χ3v) is 4.92. The molecule has 1 amide bonds. The average Bonchev–Trinajstić information content (AvgIpc) is 2.63. The number of carbonyl (C=O) groups is 1. The van der Waals surface area contributed by atoms with Crippen LogP contribution in [0.1, 0.15) is 25.0 Å². The van der Waals surface area contributed by atoms with E-state index in [9.17, 15) is 4.79 Å². The Morgan fingerprint density at radius 2 is 1.76 bits per heavy atom. The molecule has 2 rings (SSSR count). The van der Waals surface area contributed by atoms with Crippen molar-refractivity contribution in [2.24, 2.45) is 0 Å². The molecular formula is C19H31N3O3. The molecule has 25 heavy (non-hydrogen) atoms. The number of hydrogen-bond donors (Lipinski definition) is 1. The summed E-state index contributed by atoms with van der Waals surface area (Å²) < 4.78 is 10.8. The molecule has 1 aromatic carbocycles. The summed E-state index contributed by atoms with van der Waals surface area (Å²) in [6.45, 7) is 11.3. The van der Waals surface area contributed by atoms with Gasteiger partial charge in [0.15, 0.2) is 11.5 Å². The molecule has 6 nitrogen and oxygen atoms in total. The minimum atomic E-state index is -0.0649. The monoisotopic (exact) mass is 349 g/mol. The fourth-order valence-corrected chi connectivity index (χ4v) is 3.23. The normalized spacial score (nSPS) is 17.2. The van der Waals surface area contributed by atoms with Crippen LogP contribution in [0.4, 0.5) is 0 Å². The summed E-state index contributed by atoms with van der Waals surface area (Å²) >= 11 is 0. The van der Waals surface area contributed by atoms with Gasteiger partial charge in [0.05, 0.1) is 20.3 Å². The second-order valence-corrected chi connectivity index (χ2v) is 6.52. The first kappa shape index (κ1) is 19.5. The summed E-state index contributed by atoms with van der Waals surface area (Å²) in [5, 5.41) is 2.90. The lowest BCUT2D eigenvalue weighted by Gasteiger charge is -2.37. The highest BCUT2D eigenvalue weighted by Crippen LogP contribution is 2.31. The first-order valence-corrected chi connectivity index (χ1v) is 8.95. The fraction of sp³-hybridized carbons (Fsp3) is 0.632. The van der Waals surface area contributed by atoms with Crippen LogP contribution < -0.4 is 14.8 Å². The van der Waals surface area contributed by atoms with Gasteiger partial charge in [-0.15, -0.1) is 0 Å². The first-order chi connectivity index (χ1) is 12.0. The molecule has 0 saturated carbocycles. The number of carbonyl (C=O) groups excluding carboxylic acids is 1. The van der Waals surface area contributed by atoms with E-state index in [-0.39, 0.29) is 11.9 Å². The molecule has 0 spiro atoms. The number of aryl methyl sites for hydroxylation is 1. The van der Waals surface area contributed by atoms with Crippen LogP contribution in [0, 0.1) is 6.92 Å². The maximum absolute atomic E-state index is 12.0. The zero-order chi connectivity index (χ0) is 18.4. The number of hydrogen-bond acceptors (Lipinski definition) is 5. The first-order valence-electron chi connectivity index (χ1n) is 8.95. The van der Waals surface area contributed by atoms with Gasteiger partial charge in [0.2, 0.25) is 5.91 Å². The number of rotatable bonds is 7. The lowest BCUT2D eigenvalue weighted by molar-refractivity contribution is -0.126. The minimum Gasteiger partial charge on any atom is -0.493 e. The van der Waals surface area contributed by atoms with Crippen LogP contribution in [0.2, 0.25) is 0 Å². The number of amides is 1. The van der Waals surface area contributed by atoms with Crippen molar-refractivity contribution in [3.8, 4) is 11.5 Å². The second-order valence-electron chi connectivity index (χ2n) is 6.52. The highest BCUT2D eigenvalue weighted by molar-refractivity contribution is 5.81. The molecule has 0 radical (unpaired) electrons. The number of piperazine rings is 1. The van der Waals surface area contributed by atoms with Crippen molar-refractivity contribution >= 4 is 5.91 Å². The van der Waals surface area contributed by atoms with E-state index in [0.29, 0.717) is 6.54 Å². The third kappa shape index (κ3) is 4.86. The van der Waals surface area contributed by atoms with Crippen LogP contribution in [0.15, 0.2) is 12.1 Å². The predicted octanol–water partition coefficient (Wildman–Crippen LogP) is 1.65. The Hall–Kier alpha value is -1.79. The summed E-state index contributed by atoms with van der Waals surface area (Å²) in [4.78, 5) is 16.7. The van der Waals surface area contributed by atoms with E-state index >= 15 is 0 Å². The van der Waals surface area contributed by atoms with Crippen LogP contribution in [0.3, 0.4) is 0 Å². The van der Waals surface area contributed by atoms with E-state index in [1.807, 2.05) is 19.9 Å². The van der Waals surface area contributed by atoms with Crippen molar-refractivity contribution in [2.75, 3.05) is 46.9 Å². The molecule has 1 atom stereocenters. The summed E-state index contributed by atoms with van der Waals surface area (Å²) in [6.07, 6.45) is 0. The maximum Gasteiger partial charge on any atom is 0.237 e. The number of ether oxygens (including phenoxy) is 2. The third-order valence-electron chi connectivity index (χ3n) is 4.92. The summed E-state index contributed by atoms with van der Waals surface area (Å²) in [6, 6.07) is 4.03. The average molecular weight is 349 g/mol. The number of likely N-dealkylation sites (N-methyl/N-ethyl adjacent to an activating group) is 1. The molecule has 0 aromatic heterocycles. The lowest BCUT2D eigenvalue weighted by Crippen LogP contribution is -2.53. The molecule has 1 fully saturated rings. The van der Waals surface area contributed by atoms with Crippen molar-refractivity contribution in [1.82, 2.24) is 15.1 Å². The highest BCUT2D eigenvalue weighted by atomic mass is 16.5. The van der Waals surface area contributed by atoms with Gasteiger partial charge in [-0.25, -0.2) is 0 Å². The highest BCUT2D eigenvalue weighted by Gasteiger charge is 2.25. The number of benzene rings is 1. The molecule has 0 bridgehead atoms. The summed E-state index contributed by atoms with van der Waals surface area (Å²) in [5.41, 5.74) is 2.46. The predicted molar refractivity (Wildman–Crippen MR) is 99.3 cm³/mol. The summed E-state index contributed by atoms with van der Waals surface area (Å²) in [7, 11) is 3.32. The van der Waals surface area contributed by atoms with Gasteiger partial charge in [0, 0.05) is 39.3 Å². The zero-order valence-corrected chi connectivity index (χ0v) is 16.1. The van der Waals surface area contributed by atoms with Gasteiger partial charge in [0.25, 0.3) is 0 Å². The van der Waals surface area contributed by atoms with Crippen molar-refractivity contribution in [1.29, 1.82) is 0 Å². The molecule has 140 valence electrons. The Morgan fingerprint density at radius 3 is 2.32 bits per heavy atom. The Bertz CT molecular complexity index is 584. The number of nitrogens with zero attached hydrogens (tertiary/aromatic N) is 2. The van der Waals surface area contributed by atoms with Crippen molar-refractivity contribution < 1.29 is 14.3 Å². The van der Waals surface area contributed by atoms with E-state index in [0.717, 1.165) is 44.2 Å². The zero-order valence-electron chi connectivity index (χ0n) is 16.1. The molecule has 0 aliphatic carbocycles. The van der Waals surface area contributed by atoms with Crippen molar-refractivity contribution in [3.05, 3.63) is 23.3 Å². The van der Waals surface area contributed by atoms with Crippen LogP contribution >= 0.6 is 0 Å². The molecule has 1 N–H and O–H groups in total. The van der Waals surface area contributed by atoms with Gasteiger partial charge in [-0.1, -0.05) is 0 Å². The van der Waals surface area contributed by atoms with Crippen LogP contribution in [-0.2, 0) is 11.3 Å². The number of methoxy groups -OCH3 is 2. The molecule has 1 aromatic rings. The standard InChI is InChI=1S/C19H31N3O3/c1-6-20-19(23)15(3)22-9-7-21(8-10-22)13-16-12-18(25-5)17(24-4)11-14(16)2/h11-12,15H,6-10,13H2,1-5H3,(H,20,23)/t15-/m1/s1. The lowest BCUT2D eigenvalue weighted by atomic mass is 10.1. The van der Waals surface area contributed by atoms with E-state index in [1.165, 1.54) is 11.1 Å². The van der Waals surface area contributed by atoms with E-state index in [4.69, 9.17) is 9.47 Å². The fourth-order valence-electron chi connectivity index (χ4n) is 3.23. The van der Waals surface area contributed by atoms with E-state index in [2.05, 4.69) is 28.1 Å². The number of nitrogens with one attached hydrogen (secondary N) is 1.